The number of carbonyl (C=O) groups excluding carboxylic acids is 1. The van der Waals surface area contributed by atoms with Crippen LogP contribution in [0.3, 0.4) is 0 Å². The van der Waals surface area contributed by atoms with Gasteiger partial charge in [0.1, 0.15) is 5.69 Å². The molecule has 6 heteroatoms. The molecule has 1 aromatic heterocycles. The van der Waals surface area contributed by atoms with Crippen LogP contribution in [0.4, 0.5) is 0 Å². The van der Waals surface area contributed by atoms with Gasteiger partial charge in [-0.25, -0.2) is 0 Å². The summed E-state index contributed by atoms with van der Waals surface area (Å²) in [6.07, 6.45) is 0.894. The van der Waals surface area contributed by atoms with E-state index in [9.17, 15) is 4.79 Å². The van der Waals surface area contributed by atoms with Crippen molar-refractivity contribution in [2.45, 2.75) is 33.4 Å². The van der Waals surface area contributed by atoms with Gasteiger partial charge in [-0.15, -0.1) is 0 Å². The molecular weight excluding hydrogens is 328 g/mol. The third kappa shape index (κ3) is 5.41. The second kappa shape index (κ2) is 8.96. The van der Waals surface area contributed by atoms with Crippen LogP contribution in [0.15, 0.2) is 30.3 Å². The molecule has 1 aliphatic heterocycles. The van der Waals surface area contributed by atoms with Crippen LogP contribution in [0, 0.1) is 5.92 Å². The molecule has 3 rings (SSSR count). The third-order valence-corrected chi connectivity index (χ3v) is 4.48. The number of nitrogens with zero attached hydrogens (tertiary/aromatic N) is 2. The lowest BCUT2D eigenvalue weighted by molar-refractivity contribution is 0.0342. The van der Waals surface area contributed by atoms with E-state index in [-0.39, 0.29) is 5.91 Å². The summed E-state index contributed by atoms with van der Waals surface area (Å²) in [6.45, 7) is 9.34. The SMILES string of the molecule is CC(C)Cc1cc(C(=O)NCc2ccc(CN3CCOCC3)cc2)n[nH]1. The van der Waals surface area contributed by atoms with E-state index in [2.05, 4.69) is 58.5 Å². The van der Waals surface area contributed by atoms with Crippen LogP contribution in [0.1, 0.15) is 41.2 Å². The Balaban J connectivity index is 1.48. The molecule has 0 bridgehead atoms. The highest BCUT2D eigenvalue weighted by Gasteiger charge is 2.12. The van der Waals surface area contributed by atoms with E-state index < -0.39 is 0 Å². The Morgan fingerprint density at radius 3 is 2.62 bits per heavy atom. The predicted molar refractivity (Wildman–Crippen MR) is 101 cm³/mol. The molecule has 2 aromatic rings. The normalized spacial score (nSPS) is 15.3. The number of carbonyl (C=O) groups is 1. The average Bonchev–Trinajstić information content (AvgIpc) is 3.09. The Morgan fingerprint density at radius 2 is 1.92 bits per heavy atom. The van der Waals surface area contributed by atoms with Crippen molar-refractivity contribution in [1.82, 2.24) is 20.4 Å². The van der Waals surface area contributed by atoms with Gasteiger partial charge in [0.05, 0.1) is 13.2 Å². The van der Waals surface area contributed by atoms with Gasteiger partial charge >= 0.3 is 0 Å². The maximum absolute atomic E-state index is 12.2. The summed E-state index contributed by atoms with van der Waals surface area (Å²) >= 11 is 0. The number of hydrogen-bond acceptors (Lipinski definition) is 4. The predicted octanol–water partition coefficient (Wildman–Crippen LogP) is 2.37. The van der Waals surface area contributed by atoms with Crippen molar-refractivity contribution in [2.24, 2.45) is 5.92 Å². The number of benzene rings is 1. The van der Waals surface area contributed by atoms with Gasteiger partial charge in [0.25, 0.3) is 5.91 Å². The van der Waals surface area contributed by atoms with E-state index in [1.165, 1.54) is 5.56 Å². The Kier molecular flexibility index (Phi) is 6.41. The van der Waals surface area contributed by atoms with Crippen LogP contribution in [-0.4, -0.2) is 47.3 Å². The van der Waals surface area contributed by atoms with Crippen LogP contribution in [0.5, 0.6) is 0 Å². The highest BCUT2D eigenvalue weighted by atomic mass is 16.5. The van der Waals surface area contributed by atoms with Gasteiger partial charge in [0, 0.05) is 31.9 Å². The molecule has 1 fully saturated rings. The summed E-state index contributed by atoms with van der Waals surface area (Å²) in [5.74, 6) is 0.385. The fourth-order valence-electron chi connectivity index (χ4n) is 3.08. The third-order valence-electron chi connectivity index (χ3n) is 4.48. The lowest BCUT2D eigenvalue weighted by Crippen LogP contribution is -2.35. The Hall–Kier alpha value is -2.18. The zero-order valence-electron chi connectivity index (χ0n) is 15.6. The summed E-state index contributed by atoms with van der Waals surface area (Å²) in [6, 6.07) is 10.2. The molecule has 1 amide bonds. The zero-order chi connectivity index (χ0) is 18.4. The van der Waals surface area contributed by atoms with E-state index >= 15 is 0 Å². The summed E-state index contributed by atoms with van der Waals surface area (Å²) < 4.78 is 5.38. The monoisotopic (exact) mass is 356 g/mol. The molecule has 1 aromatic carbocycles. The molecule has 0 radical (unpaired) electrons. The summed E-state index contributed by atoms with van der Waals surface area (Å²) in [4.78, 5) is 14.6. The molecule has 0 saturated carbocycles. The Labute approximate surface area is 154 Å². The maximum Gasteiger partial charge on any atom is 0.272 e. The van der Waals surface area contributed by atoms with Crippen molar-refractivity contribution in [1.29, 1.82) is 0 Å². The van der Waals surface area contributed by atoms with Crippen molar-refractivity contribution < 1.29 is 9.53 Å². The number of aromatic amines is 1. The van der Waals surface area contributed by atoms with Gasteiger partial charge in [-0.3, -0.25) is 14.8 Å². The van der Waals surface area contributed by atoms with E-state index in [4.69, 9.17) is 4.74 Å². The summed E-state index contributed by atoms with van der Waals surface area (Å²) in [7, 11) is 0. The Bertz CT molecular complexity index is 703. The van der Waals surface area contributed by atoms with Crippen molar-refractivity contribution in [3.05, 3.63) is 52.8 Å². The minimum absolute atomic E-state index is 0.145. The fraction of sp³-hybridized carbons (Fsp3) is 0.500. The first-order chi connectivity index (χ1) is 12.6. The van der Waals surface area contributed by atoms with E-state index in [0.717, 1.165) is 50.5 Å². The number of aromatic nitrogens is 2. The van der Waals surface area contributed by atoms with Gasteiger partial charge in [-0.1, -0.05) is 38.1 Å². The highest BCUT2D eigenvalue weighted by molar-refractivity contribution is 5.92. The van der Waals surface area contributed by atoms with E-state index in [0.29, 0.717) is 18.2 Å². The van der Waals surface area contributed by atoms with Crippen molar-refractivity contribution in [2.75, 3.05) is 26.3 Å². The molecule has 140 valence electrons. The topological polar surface area (TPSA) is 70.2 Å². The van der Waals surface area contributed by atoms with Crippen LogP contribution in [0.2, 0.25) is 0 Å². The highest BCUT2D eigenvalue weighted by Crippen LogP contribution is 2.10. The van der Waals surface area contributed by atoms with Crippen molar-refractivity contribution in [3.63, 3.8) is 0 Å². The summed E-state index contributed by atoms with van der Waals surface area (Å²) in [5.41, 5.74) is 3.82. The smallest absolute Gasteiger partial charge is 0.272 e. The standard InChI is InChI=1S/C20H28N4O2/c1-15(2)11-18-12-19(23-22-18)20(25)21-13-16-3-5-17(6-4-16)14-24-7-9-26-10-8-24/h3-6,12,15H,7-11,13-14H2,1-2H3,(H,21,25)(H,22,23). The number of amides is 1. The number of morpholine rings is 1. The second-order valence-corrected chi connectivity index (χ2v) is 7.26. The molecule has 1 saturated heterocycles. The van der Waals surface area contributed by atoms with Crippen LogP contribution in [0.25, 0.3) is 0 Å². The van der Waals surface area contributed by atoms with Crippen LogP contribution < -0.4 is 5.32 Å². The molecule has 1 aliphatic rings. The van der Waals surface area contributed by atoms with Gasteiger partial charge < -0.3 is 10.1 Å². The number of ether oxygens (including phenoxy) is 1. The number of rotatable bonds is 7. The lowest BCUT2D eigenvalue weighted by atomic mass is 10.1. The molecule has 0 atom stereocenters. The van der Waals surface area contributed by atoms with Gasteiger partial charge in [0.15, 0.2) is 0 Å². The first-order valence-corrected chi connectivity index (χ1v) is 9.30. The minimum atomic E-state index is -0.145. The lowest BCUT2D eigenvalue weighted by Gasteiger charge is -2.26. The zero-order valence-corrected chi connectivity index (χ0v) is 15.6. The summed E-state index contributed by atoms with van der Waals surface area (Å²) in [5, 5.41) is 9.98. The quantitative estimate of drug-likeness (QED) is 0.799. The fourth-order valence-corrected chi connectivity index (χ4v) is 3.08. The van der Waals surface area contributed by atoms with Gasteiger partial charge in [0.2, 0.25) is 0 Å². The first kappa shape index (κ1) is 18.6. The van der Waals surface area contributed by atoms with Gasteiger partial charge in [-0.2, -0.15) is 5.10 Å². The molecule has 2 heterocycles. The van der Waals surface area contributed by atoms with Crippen LogP contribution >= 0.6 is 0 Å². The second-order valence-electron chi connectivity index (χ2n) is 7.26. The molecule has 0 unspecified atom stereocenters. The molecule has 26 heavy (non-hydrogen) atoms. The van der Waals surface area contributed by atoms with Gasteiger partial charge in [-0.05, 0) is 29.5 Å². The minimum Gasteiger partial charge on any atom is -0.379 e. The maximum atomic E-state index is 12.2. The molecular formula is C20H28N4O2. The number of H-pyrrole nitrogens is 1. The Morgan fingerprint density at radius 1 is 1.23 bits per heavy atom. The molecule has 2 N–H and O–H groups in total. The molecule has 0 aliphatic carbocycles. The number of hydrogen-bond donors (Lipinski definition) is 2. The molecule has 0 spiro atoms. The largest absolute Gasteiger partial charge is 0.379 e. The molecule has 6 nitrogen and oxygen atoms in total. The van der Waals surface area contributed by atoms with Crippen molar-refractivity contribution >= 4 is 5.91 Å². The number of nitrogens with one attached hydrogen (secondary N) is 2. The van der Waals surface area contributed by atoms with Crippen LogP contribution in [-0.2, 0) is 24.2 Å². The van der Waals surface area contributed by atoms with E-state index in [1.807, 2.05) is 6.07 Å². The van der Waals surface area contributed by atoms with Crippen molar-refractivity contribution in [3.8, 4) is 0 Å². The average molecular weight is 356 g/mol. The van der Waals surface area contributed by atoms with E-state index in [1.54, 1.807) is 0 Å². The first-order valence-electron chi connectivity index (χ1n) is 9.30.